The molecule has 0 saturated carbocycles. The summed E-state index contributed by atoms with van der Waals surface area (Å²) in [4.78, 5) is 2.60. The maximum atomic E-state index is 6.34. The van der Waals surface area contributed by atoms with Crippen LogP contribution in [-0.4, -0.2) is 30.6 Å². The Bertz CT molecular complexity index is 419. The lowest BCUT2D eigenvalue weighted by Gasteiger charge is -2.43. The molecule has 0 radical (unpaired) electrons. The molecule has 1 aliphatic heterocycles. The molecule has 2 N–H and O–H groups in total. The van der Waals surface area contributed by atoms with E-state index in [0.717, 1.165) is 12.3 Å². The Kier molecular flexibility index (Phi) is 5.44. The van der Waals surface area contributed by atoms with Crippen molar-refractivity contribution in [1.82, 2.24) is 4.90 Å². The first-order valence-electron chi connectivity index (χ1n) is 7.83. The fourth-order valence-electron chi connectivity index (χ4n) is 3.50. The number of hydrogen-bond acceptors (Lipinski definition) is 3. The molecule has 112 valence electrons. The first kappa shape index (κ1) is 15.3. The van der Waals surface area contributed by atoms with E-state index in [-0.39, 0.29) is 12.1 Å². The van der Waals surface area contributed by atoms with Crippen LogP contribution in [0.15, 0.2) is 24.3 Å². The fraction of sp³-hybridized carbons (Fsp3) is 0.647. The standard InChI is InChI=1S/C17H28N2O/c1-4-14-9-7-8-12-19(14)17(13(2)18)15-10-5-6-11-16(15)20-3/h5-6,10-11,13-14,17H,4,7-9,12,18H2,1-3H3. The SMILES string of the molecule is CCC1CCCCN1C(c1ccccc1OC)C(C)N. The molecule has 20 heavy (non-hydrogen) atoms. The van der Waals surface area contributed by atoms with Crippen LogP contribution in [0.2, 0.25) is 0 Å². The first-order chi connectivity index (χ1) is 9.69. The quantitative estimate of drug-likeness (QED) is 0.896. The summed E-state index contributed by atoms with van der Waals surface area (Å²) >= 11 is 0. The lowest BCUT2D eigenvalue weighted by molar-refractivity contribution is 0.0783. The van der Waals surface area contributed by atoms with Crippen LogP contribution in [0.5, 0.6) is 5.75 Å². The molecular formula is C17H28N2O. The van der Waals surface area contributed by atoms with E-state index in [1.54, 1.807) is 7.11 Å². The minimum Gasteiger partial charge on any atom is -0.496 e. The third-order valence-corrected chi connectivity index (χ3v) is 4.46. The van der Waals surface area contributed by atoms with Gasteiger partial charge in [-0.2, -0.15) is 0 Å². The molecule has 1 aliphatic rings. The maximum Gasteiger partial charge on any atom is 0.123 e. The second kappa shape index (κ2) is 7.09. The van der Waals surface area contributed by atoms with Crippen molar-refractivity contribution in [3.63, 3.8) is 0 Å². The average molecular weight is 276 g/mol. The Labute approximate surface area is 123 Å². The number of para-hydroxylation sites is 1. The number of benzene rings is 1. The number of piperidine rings is 1. The van der Waals surface area contributed by atoms with E-state index in [4.69, 9.17) is 10.5 Å². The number of methoxy groups -OCH3 is 1. The van der Waals surface area contributed by atoms with Crippen molar-refractivity contribution in [2.75, 3.05) is 13.7 Å². The first-order valence-corrected chi connectivity index (χ1v) is 7.83. The second-order valence-corrected chi connectivity index (χ2v) is 5.84. The van der Waals surface area contributed by atoms with Crippen molar-refractivity contribution in [2.24, 2.45) is 5.73 Å². The third kappa shape index (κ3) is 3.15. The number of nitrogens with zero attached hydrogens (tertiary/aromatic N) is 1. The Hall–Kier alpha value is -1.06. The molecule has 0 aromatic heterocycles. The van der Waals surface area contributed by atoms with Crippen LogP contribution in [0, 0.1) is 0 Å². The van der Waals surface area contributed by atoms with Crippen LogP contribution < -0.4 is 10.5 Å². The molecule has 1 fully saturated rings. The van der Waals surface area contributed by atoms with Gasteiger partial charge < -0.3 is 10.5 Å². The molecule has 3 atom stereocenters. The molecule has 0 bridgehead atoms. The van der Waals surface area contributed by atoms with Crippen molar-refractivity contribution < 1.29 is 4.74 Å². The van der Waals surface area contributed by atoms with Gasteiger partial charge in [-0.25, -0.2) is 0 Å². The summed E-state index contributed by atoms with van der Waals surface area (Å²) in [6, 6.07) is 9.29. The predicted octanol–water partition coefficient (Wildman–Crippen LogP) is 3.35. The molecule has 3 unspecified atom stereocenters. The Morgan fingerprint density at radius 3 is 2.75 bits per heavy atom. The van der Waals surface area contributed by atoms with Crippen molar-refractivity contribution in [2.45, 2.75) is 57.7 Å². The molecule has 0 aliphatic carbocycles. The molecule has 2 rings (SSSR count). The Morgan fingerprint density at radius 1 is 1.35 bits per heavy atom. The zero-order valence-corrected chi connectivity index (χ0v) is 13.0. The van der Waals surface area contributed by atoms with Gasteiger partial charge in [0.1, 0.15) is 5.75 Å². The molecule has 1 heterocycles. The Morgan fingerprint density at radius 2 is 2.10 bits per heavy atom. The molecule has 0 spiro atoms. The highest BCUT2D eigenvalue weighted by Gasteiger charge is 2.32. The summed E-state index contributed by atoms with van der Waals surface area (Å²) < 4.78 is 5.55. The van der Waals surface area contributed by atoms with Gasteiger partial charge in [0.2, 0.25) is 0 Å². The van der Waals surface area contributed by atoms with Gasteiger partial charge >= 0.3 is 0 Å². The van der Waals surface area contributed by atoms with Crippen molar-refractivity contribution >= 4 is 0 Å². The summed E-state index contributed by atoms with van der Waals surface area (Å²) in [5, 5.41) is 0. The van der Waals surface area contributed by atoms with Gasteiger partial charge in [-0.05, 0) is 38.8 Å². The largest absolute Gasteiger partial charge is 0.496 e. The number of rotatable bonds is 5. The van der Waals surface area contributed by atoms with E-state index in [2.05, 4.69) is 30.9 Å². The zero-order valence-electron chi connectivity index (χ0n) is 13.0. The average Bonchev–Trinajstić information content (AvgIpc) is 2.48. The van der Waals surface area contributed by atoms with Crippen molar-refractivity contribution in [1.29, 1.82) is 0 Å². The predicted molar refractivity (Wildman–Crippen MR) is 84.0 cm³/mol. The van der Waals surface area contributed by atoms with Crippen LogP contribution in [0.3, 0.4) is 0 Å². The summed E-state index contributed by atoms with van der Waals surface area (Å²) in [6.07, 6.45) is 5.09. The fourth-order valence-corrected chi connectivity index (χ4v) is 3.50. The zero-order chi connectivity index (χ0) is 14.5. The van der Waals surface area contributed by atoms with E-state index >= 15 is 0 Å². The third-order valence-electron chi connectivity index (χ3n) is 4.46. The van der Waals surface area contributed by atoms with Crippen LogP contribution in [0.4, 0.5) is 0 Å². The van der Waals surface area contributed by atoms with Crippen LogP contribution in [0.1, 0.15) is 51.1 Å². The molecule has 1 saturated heterocycles. The highest BCUT2D eigenvalue weighted by molar-refractivity contribution is 5.37. The Balaban J connectivity index is 2.34. The highest BCUT2D eigenvalue weighted by atomic mass is 16.5. The smallest absolute Gasteiger partial charge is 0.123 e. The second-order valence-electron chi connectivity index (χ2n) is 5.84. The van der Waals surface area contributed by atoms with Gasteiger partial charge in [-0.15, -0.1) is 0 Å². The number of nitrogens with two attached hydrogens (primary N) is 1. The summed E-state index contributed by atoms with van der Waals surface area (Å²) in [5.41, 5.74) is 7.57. The van der Waals surface area contributed by atoms with E-state index < -0.39 is 0 Å². The lowest BCUT2D eigenvalue weighted by Crippen LogP contribution is -2.47. The number of ether oxygens (including phenoxy) is 1. The monoisotopic (exact) mass is 276 g/mol. The summed E-state index contributed by atoms with van der Waals surface area (Å²) in [6.45, 7) is 5.53. The number of hydrogen-bond donors (Lipinski definition) is 1. The number of likely N-dealkylation sites (tertiary alicyclic amines) is 1. The highest BCUT2D eigenvalue weighted by Crippen LogP contribution is 2.35. The van der Waals surface area contributed by atoms with E-state index in [1.165, 1.54) is 31.2 Å². The minimum absolute atomic E-state index is 0.0958. The van der Waals surface area contributed by atoms with Gasteiger partial charge in [0.25, 0.3) is 0 Å². The summed E-state index contributed by atoms with van der Waals surface area (Å²) in [5.74, 6) is 0.954. The van der Waals surface area contributed by atoms with Gasteiger partial charge in [-0.1, -0.05) is 31.5 Å². The van der Waals surface area contributed by atoms with Crippen molar-refractivity contribution in [3.8, 4) is 5.75 Å². The van der Waals surface area contributed by atoms with Gasteiger partial charge in [0.05, 0.1) is 13.2 Å². The summed E-state index contributed by atoms with van der Waals surface area (Å²) in [7, 11) is 1.74. The van der Waals surface area contributed by atoms with Crippen molar-refractivity contribution in [3.05, 3.63) is 29.8 Å². The van der Waals surface area contributed by atoms with Gasteiger partial charge in [0, 0.05) is 17.6 Å². The van der Waals surface area contributed by atoms with E-state index in [9.17, 15) is 0 Å². The maximum absolute atomic E-state index is 6.34. The van der Waals surface area contributed by atoms with E-state index in [1.807, 2.05) is 12.1 Å². The van der Waals surface area contributed by atoms with Crippen LogP contribution >= 0.6 is 0 Å². The van der Waals surface area contributed by atoms with E-state index in [0.29, 0.717) is 6.04 Å². The molecule has 1 aromatic rings. The van der Waals surface area contributed by atoms with Crippen LogP contribution in [0.25, 0.3) is 0 Å². The molecule has 3 nitrogen and oxygen atoms in total. The topological polar surface area (TPSA) is 38.5 Å². The minimum atomic E-state index is 0.0958. The van der Waals surface area contributed by atoms with Crippen LogP contribution in [-0.2, 0) is 0 Å². The van der Waals surface area contributed by atoms with Gasteiger partial charge in [-0.3, -0.25) is 4.90 Å². The normalized spacial score (nSPS) is 23.3. The lowest BCUT2D eigenvalue weighted by atomic mass is 9.91. The van der Waals surface area contributed by atoms with Gasteiger partial charge in [0.15, 0.2) is 0 Å². The molecule has 3 heteroatoms. The molecular weight excluding hydrogens is 248 g/mol. The molecule has 1 aromatic carbocycles. The molecule has 0 amide bonds.